The van der Waals surface area contributed by atoms with Crippen molar-refractivity contribution in [1.29, 1.82) is 0 Å². The van der Waals surface area contributed by atoms with Gasteiger partial charge in [-0.05, 0) is 13.0 Å². The number of nitrogens with two attached hydrogens (primary N) is 1. The van der Waals surface area contributed by atoms with Gasteiger partial charge in [-0.3, -0.25) is 14.5 Å². The lowest BCUT2D eigenvalue weighted by molar-refractivity contribution is -0.142. The normalized spacial score (nSPS) is 19.3. The van der Waals surface area contributed by atoms with Gasteiger partial charge in [0.1, 0.15) is 0 Å². The van der Waals surface area contributed by atoms with Gasteiger partial charge in [-0.15, -0.1) is 0 Å². The first-order valence-corrected chi connectivity index (χ1v) is 5.42. The van der Waals surface area contributed by atoms with Crippen molar-refractivity contribution < 1.29 is 19.4 Å². The van der Waals surface area contributed by atoms with Gasteiger partial charge in [-0.2, -0.15) is 0 Å². The molecule has 1 rings (SSSR count). The molecule has 0 amide bonds. The highest BCUT2D eigenvalue weighted by Crippen LogP contribution is 2.01. The second kappa shape index (κ2) is 6.57. The highest BCUT2D eigenvalue weighted by atomic mass is 16.5. The molecule has 1 heterocycles. The molecule has 0 spiro atoms. The van der Waals surface area contributed by atoms with E-state index in [0.717, 1.165) is 32.8 Å². The Morgan fingerprint density at radius 1 is 1.38 bits per heavy atom. The van der Waals surface area contributed by atoms with Crippen molar-refractivity contribution in [3.8, 4) is 0 Å². The van der Waals surface area contributed by atoms with Crippen LogP contribution in [0, 0.1) is 0 Å². The number of hydrogen-bond acceptors (Lipinski definition) is 5. The molecular formula is C10H18N2O4. The van der Waals surface area contributed by atoms with E-state index in [2.05, 4.69) is 4.90 Å². The molecule has 6 heteroatoms. The van der Waals surface area contributed by atoms with Gasteiger partial charge in [0.2, 0.25) is 0 Å². The summed E-state index contributed by atoms with van der Waals surface area (Å²) in [6.07, 6.45) is 0.880. The number of carboxylic acid groups (broad SMARTS) is 1. The van der Waals surface area contributed by atoms with E-state index < -0.39 is 17.8 Å². The zero-order chi connectivity index (χ0) is 12.0. The Kier molecular flexibility index (Phi) is 5.37. The summed E-state index contributed by atoms with van der Waals surface area (Å²) in [6.45, 7) is 3.99. The van der Waals surface area contributed by atoms with Crippen molar-refractivity contribution >= 4 is 11.8 Å². The van der Waals surface area contributed by atoms with Crippen LogP contribution < -0.4 is 5.73 Å². The van der Waals surface area contributed by atoms with E-state index in [4.69, 9.17) is 15.6 Å². The average Bonchev–Trinajstić information content (AvgIpc) is 2.29. The van der Waals surface area contributed by atoms with Crippen LogP contribution in [0.2, 0.25) is 0 Å². The van der Waals surface area contributed by atoms with E-state index in [-0.39, 0.29) is 6.42 Å². The summed E-state index contributed by atoms with van der Waals surface area (Å²) in [5, 5.41) is 8.53. The molecule has 16 heavy (non-hydrogen) atoms. The zero-order valence-electron chi connectivity index (χ0n) is 9.22. The molecule has 0 aromatic heterocycles. The summed E-state index contributed by atoms with van der Waals surface area (Å²) < 4.78 is 5.19. The number of carbonyl (C=O) groups is 2. The number of ketones is 1. The van der Waals surface area contributed by atoms with Crippen LogP contribution in [0.1, 0.15) is 12.8 Å². The van der Waals surface area contributed by atoms with Crippen molar-refractivity contribution in [3.63, 3.8) is 0 Å². The molecule has 1 saturated heterocycles. The minimum absolute atomic E-state index is 0.227. The summed E-state index contributed by atoms with van der Waals surface area (Å²) in [6, 6.07) is -1.37. The van der Waals surface area contributed by atoms with Gasteiger partial charge >= 0.3 is 5.97 Å². The number of rotatable bonds is 6. The Hall–Kier alpha value is -0.980. The van der Waals surface area contributed by atoms with Gasteiger partial charge in [-0.25, -0.2) is 0 Å². The molecule has 6 nitrogen and oxygen atoms in total. The van der Waals surface area contributed by atoms with Crippen molar-refractivity contribution in [2.75, 3.05) is 32.8 Å². The molecule has 0 aromatic carbocycles. The molecule has 1 unspecified atom stereocenters. The highest BCUT2D eigenvalue weighted by Gasteiger charge is 2.20. The van der Waals surface area contributed by atoms with Gasteiger partial charge in [0.15, 0.2) is 11.8 Å². The van der Waals surface area contributed by atoms with Crippen molar-refractivity contribution in [2.45, 2.75) is 18.9 Å². The molecular weight excluding hydrogens is 212 g/mol. The van der Waals surface area contributed by atoms with Gasteiger partial charge in [0.25, 0.3) is 0 Å². The van der Waals surface area contributed by atoms with Crippen LogP contribution in [0.4, 0.5) is 0 Å². The fraction of sp³-hybridized carbons (Fsp3) is 0.800. The lowest BCUT2D eigenvalue weighted by atomic mass is 10.1. The predicted octanol–water partition coefficient (Wildman–Crippen LogP) is -0.920. The summed E-state index contributed by atoms with van der Waals surface area (Å²) in [7, 11) is 0. The molecule has 0 aromatic rings. The first kappa shape index (κ1) is 13.1. The van der Waals surface area contributed by atoms with E-state index in [1.807, 2.05) is 0 Å². The molecule has 1 fully saturated rings. The number of carbonyl (C=O) groups excluding carboxylic acids is 1. The second-order valence-electron chi connectivity index (χ2n) is 3.84. The zero-order valence-corrected chi connectivity index (χ0v) is 9.22. The molecule has 3 N–H and O–H groups in total. The third kappa shape index (κ3) is 4.26. The molecule has 92 valence electrons. The fourth-order valence-electron chi connectivity index (χ4n) is 1.59. The van der Waals surface area contributed by atoms with Crippen LogP contribution in [-0.4, -0.2) is 60.6 Å². The molecule has 0 aliphatic carbocycles. The molecule has 1 atom stereocenters. The van der Waals surface area contributed by atoms with Crippen LogP contribution in [0.15, 0.2) is 0 Å². The van der Waals surface area contributed by atoms with Crippen LogP contribution in [-0.2, 0) is 14.3 Å². The van der Waals surface area contributed by atoms with Gasteiger partial charge < -0.3 is 15.6 Å². The Labute approximate surface area is 94.3 Å². The highest BCUT2D eigenvalue weighted by molar-refractivity contribution is 6.01. The van der Waals surface area contributed by atoms with Crippen molar-refractivity contribution in [3.05, 3.63) is 0 Å². The number of ether oxygens (including phenoxy) is 1. The molecule has 1 aliphatic heterocycles. The van der Waals surface area contributed by atoms with Crippen molar-refractivity contribution in [2.24, 2.45) is 5.73 Å². The van der Waals surface area contributed by atoms with Crippen LogP contribution in [0.25, 0.3) is 0 Å². The minimum Gasteiger partial charge on any atom is -0.480 e. The van der Waals surface area contributed by atoms with Gasteiger partial charge in [0.05, 0.1) is 13.2 Å². The minimum atomic E-state index is -1.37. The predicted molar refractivity (Wildman–Crippen MR) is 57.1 cm³/mol. The smallest absolute Gasteiger partial charge is 0.328 e. The largest absolute Gasteiger partial charge is 0.480 e. The fourth-order valence-corrected chi connectivity index (χ4v) is 1.59. The molecule has 0 radical (unpaired) electrons. The average molecular weight is 230 g/mol. The van der Waals surface area contributed by atoms with Crippen LogP contribution in [0.5, 0.6) is 0 Å². The number of Topliss-reactive ketones (excluding diaryl/α,β-unsaturated/α-hetero) is 1. The number of hydrogen-bond donors (Lipinski definition) is 2. The summed E-state index contributed by atoms with van der Waals surface area (Å²) >= 11 is 0. The van der Waals surface area contributed by atoms with E-state index in [1.165, 1.54) is 0 Å². The Bertz CT molecular complexity index is 251. The van der Waals surface area contributed by atoms with Crippen molar-refractivity contribution in [1.82, 2.24) is 4.90 Å². The Morgan fingerprint density at radius 2 is 2.00 bits per heavy atom. The molecule has 1 aliphatic rings. The van der Waals surface area contributed by atoms with E-state index in [0.29, 0.717) is 6.42 Å². The number of morpholine rings is 1. The Morgan fingerprint density at radius 3 is 2.56 bits per heavy atom. The van der Waals surface area contributed by atoms with Gasteiger partial charge in [-0.1, -0.05) is 0 Å². The first-order chi connectivity index (χ1) is 7.61. The summed E-state index contributed by atoms with van der Waals surface area (Å²) in [5.41, 5.74) is 5.20. The third-order valence-corrected chi connectivity index (χ3v) is 2.61. The number of aliphatic carboxylic acids is 1. The van der Waals surface area contributed by atoms with E-state index >= 15 is 0 Å². The van der Waals surface area contributed by atoms with E-state index in [9.17, 15) is 9.59 Å². The summed E-state index contributed by atoms with van der Waals surface area (Å²) in [4.78, 5) is 23.9. The SMILES string of the molecule is NC(C(=O)O)C(=O)CCCN1CCOCC1. The third-order valence-electron chi connectivity index (χ3n) is 2.61. The maximum atomic E-state index is 11.3. The number of carboxylic acids is 1. The first-order valence-electron chi connectivity index (χ1n) is 5.42. The van der Waals surface area contributed by atoms with Crippen LogP contribution in [0.3, 0.4) is 0 Å². The quantitative estimate of drug-likeness (QED) is 0.573. The molecule has 0 bridgehead atoms. The number of nitrogens with zero attached hydrogens (tertiary/aromatic N) is 1. The maximum absolute atomic E-state index is 11.3. The topological polar surface area (TPSA) is 92.9 Å². The standard InChI is InChI=1S/C10H18N2O4/c11-9(10(14)15)8(13)2-1-3-12-4-6-16-7-5-12/h9H,1-7,11H2,(H,14,15). The monoisotopic (exact) mass is 230 g/mol. The lowest BCUT2D eigenvalue weighted by Crippen LogP contribution is -2.40. The molecule has 0 saturated carbocycles. The Balaban J connectivity index is 2.14. The maximum Gasteiger partial charge on any atom is 0.328 e. The summed E-state index contributed by atoms with van der Waals surface area (Å²) in [5.74, 6) is -1.66. The second-order valence-corrected chi connectivity index (χ2v) is 3.84. The lowest BCUT2D eigenvalue weighted by Gasteiger charge is -2.26. The van der Waals surface area contributed by atoms with Crippen LogP contribution >= 0.6 is 0 Å². The van der Waals surface area contributed by atoms with E-state index in [1.54, 1.807) is 0 Å². The van der Waals surface area contributed by atoms with Gasteiger partial charge in [0, 0.05) is 19.5 Å².